The number of rotatable bonds is 19. The lowest BCUT2D eigenvalue weighted by atomic mass is 10.1. The Morgan fingerprint density at radius 1 is 0.769 bits per heavy atom. The average molecular weight is 546 g/mol. The maximum absolute atomic E-state index is 12.5. The third kappa shape index (κ3) is 9.81. The summed E-state index contributed by atoms with van der Waals surface area (Å²) < 4.78 is 33.0. The summed E-state index contributed by atoms with van der Waals surface area (Å²) in [5.74, 6) is 0.432. The number of nitrogens with zero attached hydrogens (tertiary/aromatic N) is 1. The summed E-state index contributed by atoms with van der Waals surface area (Å²) in [5, 5.41) is 8.99. The number of nitrogens with two attached hydrogens (primary N) is 2. The molecule has 214 valence electrons. The van der Waals surface area contributed by atoms with Gasteiger partial charge in [-0.2, -0.15) is 0 Å². The number of benzene rings is 2. The van der Waals surface area contributed by atoms with Crippen LogP contribution < -0.4 is 21.8 Å². The standard InChI is InChI=1S/C28H39N3O8/c1-31(8-10-34-12-14-36-16-18-38-19-17-37-15-13-35-11-9-32)22-4-2-21(3-5-22)26-20-25(33)23-6-7-24(29)27(30)28(23)39-26/h2-7,20,32H,8-19,29-30H2,1H3. The Balaban J connectivity index is 1.28. The quantitative estimate of drug-likeness (QED) is 0.150. The Hall–Kier alpha value is -3.19. The molecule has 0 saturated heterocycles. The fourth-order valence-electron chi connectivity index (χ4n) is 3.65. The lowest BCUT2D eigenvalue weighted by Gasteiger charge is -2.19. The van der Waals surface area contributed by atoms with E-state index in [9.17, 15) is 4.79 Å². The molecule has 2 aromatic carbocycles. The van der Waals surface area contributed by atoms with Gasteiger partial charge in [-0.05, 0) is 36.4 Å². The third-order valence-corrected chi connectivity index (χ3v) is 5.86. The molecule has 0 aliphatic rings. The van der Waals surface area contributed by atoms with E-state index in [1.165, 1.54) is 6.07 Å². The zero-order valence-corrected chi connectivity index (χ0v) is 22.4. The third-order valence-electron chi connectivity index (χ3n) is 5.86. The molecule has 0 bridgehead atoms. The molecule has 1 aromatic heterocycles. The Bertz CT molecular complexity index is 1190. The molecular weight excluding hydrogens is 506 g/mol. The smallest absolute Gasteiger partial charge is 0.193 e. The predicted molar refractivity (Wildman–Crippen MR) is 151 cm³/mol. The average Bonchev–Trinajstić information content (AvgIpc) is 2.95. The van der Waals surface area contributed by atoms with Crippen LogP contribution in [0.25, 0.3) is 22.3 Å². The van der Waals surface area contributed by atoms with Crippen LogP contribution in [0.15, 0.2) is 51.7 Å². The number of hydrogen-bond donors (Lipinski definition) is 3. The number of anilines is 3. The van der Waals surface area contributed by atoms with E-state index in [1.807, 2.05) is 31.3 Å². The SMILES string of the molecule is CN(CCOCCOCCOCCOCCOCCO)c1ccc(-c2cc(=O)c3ccc(N)c(N)c3o2)cc1. The van der Waals surface area contributed by atoms with Crippen molar-refractivity contribution in [2.75, 3.05) is 103 Å². The van der Waals surface area contributed by atoms with Crippen molar-refractivity contribution in [1.29, 1.82) is 0 Å². The minimum Gasteiger partial charge on any atom is -0.454 e. The normalized spacial score (nSPS) is 11.3. The molecule has 1 heterocycles. The summed E-state index contributed by atoms with van der Waals surface area (Å²) in [7, 11) is 1.98. The summed E-state index contributed by atoms with van der Waals surface area (Å²) in [5.41, 5.74) is 14.4. The van der Waals surface area contributed by atoms with Crippen molar-refractivity contribution >= 4 is 28.0 Å². The van der Waals surface area contributed by atoms with Gasteiger partial charge in [0, 0.05) is 30.9 Å². The first-order valence-corrected chi connectivity index (χ1v) is 12.9. The van der Waals surface area contributed by atoms with E-state index < -0.39 is 0 Å². The summed E-state index contributed by atoms with van der Waals surface area (Å²) in [4.78, 5) is 14.6. The second kappa shape index (κ2) is 16.7. The van der Waals surface area contributed by atoms with Crippen LogP contribution in [0.5, 0.6) is 0 Å². The van der Waals surface area contributed by atoms with Crippen LogP contribution in [0.1, 0.15) is 0 Å². The van der Waals surface area contributed by atoms with Gasteiger partial charge >= 0.3 is 0 Å². The van der Waals surface area contributed by atoms with Crippen LogP contribution in [0, 0.1) is 0 Å². The van der Waals surface area contributed by atoms with E-state index in [-0.39, 0.29) is 17.7 Å². The second-order valence-corrected chi connectivity index (χ2v) is 8.67. The highest BCUT2D eigenvalue weighted by Gasteiger charge is 2.12. The highest BCUT2D eigenvalue weighted by atomic mass is 16.6. The van der Waals surface area contributed by atoms with E-state index in [0.717, 1.165) is 11.3 Å². The Morgan fingerprint density at radius 2 is 1.31 bits per heavy atom. The minimum absolute atomic E-state index is 0.0193. The zero-order valence-electron chi connectivity index (χ0n) is 22.4. The van der Waals surface area contributed by atoms with Gasteiger partial charge in [-0.1, -0.05) is 0 Å². The van der Waals surface area contributed by atoms with Crippen molar-refractivity contribution in [1.82, 2.24) is 0 Å². The first-order chi connectivity index (χ1) is 19.0. The monoisotopic (exact) mass is 545 g/mol. The predicted octanol–water partition coefficient (Wildman–Crippen LogP) is 2.14. The molecule has 5 N–H and O–H groups in total. The number of ether oxygens (including phenoxy) is 5. The number of aliphatic hydroxyl groups excluding tert-OH is 1. The van der Waals surface area contributed by atoms with Crippen molar-refractivity contribution in [2.24, 2.45) is 0 Å². The van der Waals surface area contributed by atoms with Gasteiger partial charge in [0.05, 0.1) is 89.4 Å². The first-order valence-electron chi connectivity index (χ1n) is 12.9. The number of fused-ring (bicyclic) bond motifs is 1. The van der Waals surface area contributed by atoms with Gasteiger partial charge in [-0.15, -0.1) is 0 Å². The fraction of sp³-hybridized carbons (Fsp3) is 0.464. The summed E-state index contributed by atoms with van der Waals surface area (Å²) >= 11 is 0. The molecule has 3 aromatic rings. The lowest BCUT2D eigenvalue weighted by molar-refractivity contribution is -0.0128. The molecule has 0 aliphatic carbocycles. The van der Waals surface area contributed by atoms with Crippen molar-refractivity contribution < 1.29 is 33.2 Å². The molecule has 0 saturated carbocycles. The van der Waals surface area contributed by atoms with Crippen molar-refractivity contribution in [3.8, 4) is 11.3 Å². The number of nitrogen functional groups attached to an aromatic ring is 2. The molecule has 11 heteroatoms. The molecule has 0 radical (unpaired) electrons. The highest BCUT2D eigenvalue weighted by Crippen LogP contribution is 2.29. The van der Waals surface area contributed by atoms with Gasteiger partial charge < -0.3 is 49.6 Å². The molecule has 0 fully saturated rings. The number of aliphatic hydroxyl groups is 1. The summed E-state index contributed by atoms with van der Waals surface area (Å²) in [6, 6.07) is 12.4. The first kappa shape index (κ1) is 30.4. The van der Waals surface area contributed by atoms with Crippen molar-refractivity contribution in [3.63, 3.8) is 0 Å². The van der Waals surface area contributed by atoms with Gasteiger partial charge in [-0.3, -0.25) is 4.79 Å². The molecule has 11 nitrogen and oxygen atoms in total. The van der Waals surface area contributed by atoms with Crippen LogP contribution in [0.3, 0.4) is 0 Å². The molecule has 0 aliphatic heterocycles. The molecule has 0 atom stereocenters. The molecule has 0 amide bonds. The Labute approximate surface area is 228 Å². The minimum atomic E-state index is -0.171. The highest BCUT2D eigenvalue weighted by molar-refractivity contribution is 5.94. The van der Waals surface area contributed by atoms with Gasteiger partial charge in [0.1, 0.15) is 5.76 Å². The van der Waals surface area contributed by atoms with E-state index in [0.29, 0.717) is 95.0 Å². The maximum atomic E-state index is 12.5. The van der Waals surface area contributed by atoms with E-state index >= 15 is 0 Å². The van der Waals surface area contributed by atoms with Gasteiger partial charge in [0.2, 0.25) is 0 Å². The van der Waals surface area contributed by atoms with E-state index in [4.69, 9.17) is 44.7 Å². The van der Waals surface area contributed by atoms with Gasteiger partial charge in [0.25, 0.3) is 0 Å². The molecule has 39 heavy (non-hydrogen) atoms. The molecule has 3 rings (SSSR count). The van der Waals surface area contributed by atoms with Crippen LogP contribution in [-0.4, -0.2) is 91.4 Å². The largest absolute Gasteiger partial charge is 0.454 e. The molecular formula is C28H39N3O8. The van der Waals surface area contributed by atoms with Crippen molar-refractivity contribution in [3.05, 3.63) is 52.7 Å². The maximum Gasteiger partial charge on any atom is 0.193 e. The Morgan fingerprint density at radius 3 is 1.87 bits per heavy atom. The van der Waals surface area contributed by atoms with Crippen LogP contribution in [0.2, 0.25) is 0 Å². The van der Waals surface area contributed by atoms with Crippen molar-refractivity contribution in [2.45, 2.75) is 0 Å². The summed E-state index contributed by atoms with van der Waals surface area (Å²) in [6.45, 7) is 5.51. The topological polar surface area (TPSA) is 152 Å². The zero-order chi connectivity index (χ0) is 27.9. The van der Waals surface area contributed by atoms with E-state index in [1.54, 1.807) is 12.1 Å². The summed E-state index contributed by atoms with van der Waals surface area (Å²) in [6.07, 6.45) is 0. The fourth-order valence-corrected chi connectivity index (χ4v) is 3.65. The lowest BCUT2D eigenvalue weighted by Crippen LogP contribution is -2.23. The molecule has 0 unspecified atom stereocenters. The van der Waals surface area contributed by atoms with Gasteiger partial charge in [-0.25, -0.2) is 0 Å². The molecule has 0 spiro atoms. The van der Waals surface area contributed by atoms with Crippen LogP contribution >= 0.6 is 0 Å². The van der Waals surface area contributed by atoms with Crippen LogP contribution in [-0.2, 0) is 23.7 Å². The van der Waals surface area contributed by atoms with E-state index in [2.05, 4.69) is 4.90 Å². The Kier molecular flexibility index (Phi) is 13.0. The number of likely N-dealkylation sites (N-methyl/N-ethyl adjacent to an activating group) is 1. The van der Waals surface area contributed by atoms with Crippen LogP contribution in [0.4, 0.5) is 17.1 Å². The van der Waals surface area contributed by atoms with Gasteiger partial charge in [0.15, 0.2) is 11.0 Å². The second-order valence-electron chi connectivity index (χ2n) is 8.67. The number of hydrogen-bond acceptors (Lipinski definition) is 11.